The first kappa shape index (κ1) is 18.8. The second-order valence-corrected chi connectivity index (χ2v) is 6.75. The molecule has 0 aliphatic carbocycles. The van der Waals surface area contributed by atoms with Gasteiger partial charge in [0.2, 0.25) is 5.88 Å². The Bertz CT molecular complexity index is 970. The third-order valence-corrected chi connectivity index (χ3v) is 4.93. The first-order valence-electron chi connectivity index (χ1n) is 9.61. The lowest BCUT2D eigenvalue weighted by atomic mass is 10.1. The van der Waals surface area contributed by atoms with Gasteiger partial charge in [-0.1, -0.05) is 24.3 Å². The van der Waals surface area contributed by atoms with Crippen molar-refractivity contribution in [2.45, 2.75) is 0 Å². The molecule has 29 heavy (non-hydrogen) atoms. The van der Waals surface area contributed by atoms with Crippen molar-refractivity contribution in [1.82, 2.24) is 9.88 Å². The highest BCUT2D eigenvalue weighted by molar-refractivity contribution is 5.94. The SMILES string of the molecule is COc1ccccc1N1CCN(C(=O)c2cccc(Oc3ccccn3)c2)CC1. The van der Waals surface area contributed by atoms with Gasteiger partial charge in [-0.05, 0) is 36.4 Å². The molecule has 2 aromatic carbocycles. The maximum absolute atomic E-state index is 13.0. The zero-order valence-corrected chi connectivity index (χ0v) is 16.3. The third-order valence-electron chi connectivity index (χ3n) is 4.93. The zero-order chi connectivity index (χ0) is 20.1. The molecule has 1 saturated heterocycles. The molecule has 1 fully saturated rings. The van der Waals surface area contributed by atoms with Crippen LogP contribution in [0.25, 0.3) is 0 Å². The molecule has 148 valence electrons. The Morgan fingerprint density at radius 3 is 2.48 bits per heavy atom. The summed E-state index contributed by atoms with van der Waals surface area (Å²) in [6, 6.07) is 20.7. The van der Waals surface area contributed by atoms with Gasteiger partial charge in [-0.2, -0.15) is 0 Å². The molecule has 1 amide bonds. The molecule has 1 aliphatic rings. The van der Waals surface area contributed by atoms with Crippen molar-refractivity contribution in [3.05, 3.63) is 78.5 Å². The van der Waals surface area contributed by atoms with Gasteiger partial charge >= 0.3 is 0 Å². The third kappa shape index (κ3) is 4.32. The topological polar surface area (TPSA) is 54.9 Å². The van der Waals surface area contributed by atoms with E-state index in [1.165, 1.54) is 0 Å². The Morgan fingerprint density at radius 1 is 0.931 bits per heavy atom. The maximum atomic E-state index is 13.0. The summed E-state index contributed by atoms with van der Waals surface area (Å²) in [5, 5.41) is 0. The highest BCUT2D eigenvalue weighted by Gasteiger charge is 2.24. The summed E-state index contributed by atoms with van der Waals surface area (Å²) < 4.78 is 11.2. The van der Waals surface area contributed by atoms with Crippen LogP contribution in [0.3, 0.4) is 0 Å². The first-order valence-corrected chi connectivity index (χ1v) is 9.61. The smallest absolute Gasteiger partial charge is 0.254 e. The number of piperazine rings is 1. The Balaban J connectivity index is 1.41. The summed E-state index contributed by atoms with van der Waals surface area (Å²) in [5.74, 6) is 1.97. The van der Waals surface area contributed by atoms with Crippen LogP contribution >= 0.6 is 0 Å². The molecular formula is C23H23N3O3. The fourth-order valence-electron chi connectivity index (χ4n) is 3.44. The largest absolute Gasteiger partial charge is 0.495 e. The van der Waals surface area contributed by atoms with Crippen LogP contribution < -0.4 is 14.4 Å². The van der Waals surface area contributed by atoms with Crippen molar-refractivity contribution in [2.75, 3.05) is 38.2 Å². The molecule has 3 aromatic rings. The molecule has 0 N–H and O–H groups in total. The molecule has 0 spiro atoms. The molecule has 0 atom stereocenters. The first-order chi connectivity index (χ1) is 14.2. The Labute approximate surface area is 170 Å². The number of para-hydroxylation sites is 2. The molecular weight excluding hydrogens is 366 g/mol. The van der Waals surface area contributed by atoms with Crippen molar-refractivity contribution in [1.29, 1.82) is 0 Å². The standard InChI is InChI=1S/C23H23N3O3/c1-28-21-10-3-2-9-20(21)25-13-15-26(16-14-25)23(27)18-7-6-8-19(17-18)29-22-11-4-5-12-24-22/h2-12,17H,13-16H2,1H3. The van der Waals surface area contributed by atoms with Crippen LogP contribution in [0.5, 0.6) is 17.4 Å². The minimum Gasteiger partial charge on any atom is -0.495 e. The fourth-order valence-corrected chi connectivity index (χ4v) is 3.44. The van der Waals surface area contributed by atoms with E-state index in [1.54, 1.807) is 25.4 Å². The number of amides is 1. The summed E-state index contributed by atoms with van der Waals surface area (Å²) in [7, 11) is 1.68. The molecule has 4 rings (SSSR count). The number of pyridine rings is 1. The lowest BCUT2D eigenvalue weighted by Crippen LogP contribution is -2.48. The maximum Gasteiger partial charge on any atom is 0.254 e. The van der Waals surface area contributed by atoms with E-state index in [0.717, 1.165) is 24.5 Å². The summed E-state index contributed by atoms with van der Waals surface area (Å²) in [5.41, 5.74) is 1.68. The summed E-state index contributed by atoms with van der Waals surface area (Å²) in [6.45, 7) is 2.83. The van der Waals surface area contributed by atoms with Gasteiger partial charge in [0.05, 0.1) is 12.8 Å². The van der Waals surface area contributed by atoms with Gasteiger partial charge in [0, 0.05) is 44.0 Å². The zero-order valence-electron chi connectivity index (χ0n) is 16.3. The number of benzene rings is 2. The molecule has 0 radical (unpaired) electrons. The van der Waals surface area contributed by atoms with E-state index in [1.807, 2.05) is 53.4 Å². The second kappa shape index (κ2) is 8.65. The number of hydrogen-bond donors (Lipinski definition) is 0. The number of nitrogens with zero attached hydrogens (tertiary/aromatic N) is 3. The number of hydrogen-bond acceptors (Lipinski definition) is 5. The number of carbonyl (C=O) groups is 1. The minimum atomic E-state index is 0.0103. The van der Waals surface area contributed by atoms with Crippen LogP contribution in [-0.2, 0) is 0 Å². The van der Waals surface area contributed by atoms with Crippen molar-refractivity contribution in [2.24, 2.45) is 0 Å². The summed E-state index contributed by atoms with van der Waals surface area (Å²) >= 11 is 0. The van der Waals surface area contributed by atoms with Gasteiger partial charge in [0.25, 0.3) is 5.91 Å². The lowest BCUT2D eigenvalue weighted by molar-refractivity contribution is 0.0746. The van der Waals surface area contributed by atoms with E-state index < -0.39 is 0 Å². The van der Waals surface area contributed by atoms with Crippen molar-refractivity contribution in [3.63, 3.8) is 0 Å². The average Bonchev–Trinajstić information content (AvgIpc) is 2.79. The monoisotopic (exact) mass is 389 g/mol. The predicted octanol–water partition coefficient (Wildman–Crippen LogP) is 3.84. The Morgan fingerprint density at radius 2 is 1.72 bits per heavy atom. The van der Waals surface area contributed by atoms with Gasteiger partial charge in [0.1, 0.15) is 11.5 Å². The Hall–Kier alpha value is -3.54. The number of anilines is 1. The van der Waals surface area contributed by atoms with Crippen LogP contribution in [0.2, 0.25) is 0 Å². The van der Waals surface area contributed by atoms with Crippen molar-refractivity contribution in [3.8, 4) is 17.4 Å². The van der Waals surface area contributed by atoms with Gasteiger partial charge < -0.3 is 19.3 Å². The van der Waals surface area contributed by atoms with Gasteiger partial charge in [-0.3, -0.25) is 4.79 Å². The molecule has 1 aromatic heterocycles. The molecule has 0 bridgehead atoms. The number of carbonyl (C=O) groups excluding carboxylic acids is 1. The van der Waals surface area contributed by atoms with E-state index >= 15 is 0 Å². The molecule has 0 saturated carbocycles. The number of aromatic nitrogens is 1. The van der Waals surface area contributed by atoms with E-state index in [2.05, 4.69) is 16.0 Å². The normalized spacial score (nSPS) is 13.8. The van der Waals surface area contributed by atoms with Gasteiger partial charge in [-0.25, -0.2) is 4.98 Å². The van der Waals surface area contributed by atoms with E-state index in [4.69, 9.17) is 9.47 Å². The highest BCUT2D eigenvalue weighted by Crippen LogP contribution is 2.28. The highest BCUT2D eigenvalue weighted by atomic mass is 16.5. The minimum absolute atomic E-state index is 0.0103. The second-order valence-electron chi connectivity index (χ2n) is 6.75. The number of ether oxygens (including phenoxy) is 2. The van der Waals surface area contributed by atoms with Gasteiger partial charge in [0.15, 0.2) is 0 Å². The molecule has 6 nitrogen and oxygen atoms in total. The van der Waals surface area contributed by atoms with Crippen molar-refractivity contribution < 1.29 is 14.3 Å². The van der Waals surface area contributed by atoms with Crippen LogP contribution in [0.1, 0.15) is 10.4 Å². The fraction of sp³-hybridized carbons (Fsp3) is 0.217. The molecule has 2 heterocycles. The summed E-state index contributed by atoms with van der Waals surface area (Å²) in [6.07, 6.45) is 1.67. The average molecular weight is 389 g/mol. The molecule has 1 aliphatic heterocycles. The van der Waals surface area contributed by atoms with Crippen LogP contribution in [-0.4, -0.2) is 49.1 Å². The predicted molar refractivity (Wildman–Crippen MR) is 112 cm³/mol. The van der Waals surface area contributed by atoms with E-state index in [9.17, 15) is 4.79 Å². The number of methoxy groups -OCH3 is 1. The number of rotatable bonds is 5. The summed E-state index contributed by atoms with van der Waals surface area (Å²) in [4.78, 5) is 21.3. The van der Waals surface area contributed by atoms with Crippen LogP contribution in [0, 0.1) is 0 Å². The lowest BCUT2D eigenvalue weighted by Gasteiger charge is -2.36. The molecule has 0 unspecified atom stereocenters. The van der Waals surface area contributed by atoms with E-state index in [-0.39, 0.29) is 5.91 Å². The quantitative estimate of drug-likeness (QED) is 0.664. The molecule has 6 heteroatoms. The van der Waals surface area contributed by atoms with Gasteiger partial charge in [-0.15, -0.1) is 0 Å². The Kier molecular flexibility index (Phi) is 5.61. The van der Waals surface area contributed by atoms with Crippen molar-refractivity contribution >= 4 is 11.6 Å². The van der Waals surface area contributed by atoms with Crippen LogP contribution in [0.15, 0.2) is 72.9 Å². The van der Waals surface area contributed by atoms with E-state index in [0.29, 0.717) is 30.3 Å². The van der Waals surface area contributed by atoms with Crippen LogP contribution in [0.4, 0.5) is 5.69 Å².